The summed E-state index contributed by atoms with van der Waals surface area (Å²) in [4.78, 5) is 30.2. The normalized spacial score (nSPS) is 24.4. The average Bonchev–Trinajstić information content (AvgIpc) is 3.31. The van der Waals surface area contributed by atoms with Crippen LogP contribution in [0.5, 0.6) is 0 Å². The van der Waals surface area contributed by atoms with Gasteiger partial charge in [-0.1, -0.05) is 0 Å². The van der Waals surface area contributed by atoms with Crippen molar-refractivity contribution in [1.29, 1.82) is 0 Å². The largest absolute Gasteiger partial charge is 0.357 e. The Morgan fingerprint density at radius 1 is 1.13 bits per heavy atom. The number of nitrogens with one attached hydrogen (secondary N) is 1. The Balaban J connectivity index is 1.45. The number of imidazole rings is 1. The van der Waals surface area contributed by atoms with E-state index >= 15 is 0 Å². The van der Waals surface area contributed by atoms with Crippen molar-refractivity contribution in [2.45, 2.75) is 12.7 Å². The van der Waals surface area contributed by atoms with Crippen molar-refractivity contribution in [1.82, 2.24) is 24.5 Å². The highest BCUT2D eigenvalue weighted by molar-refractivity contribution is 6.04. The quantitative estimate of drug-likeness (QED) is 0.558. The number of amides is 1. The number of fused-ring (bicyclic) bond motifs is 1. The van der Waals surface area contributed by atoms with E-state index in [0.717, 1.165) is 23.3 Å². The van der Waals surface area contributed by atoms with E-state index in [2.05, 4.69) is 25.3 Å². The number of carbonyl (C=O) groups excluding carboxylic acids is 1. The van der Waals surface area contributed by atoms with E-state index in [4.69, 9.17) is 11.0 Å². The Hall–Kier alpha value is -3.81. The van der Waals surface area contributed by atoms with E-state index in [1.54, 1.807) is 24.8 Å². The molecule has 1 N–H and O–H groups in total. The van der Waals surface area contributed by atoms with E-state index in [1.807, 2.05) is 23.7 Å². The van der Waals surface area contributed by atoms with Gasteiger partial charge in [0.1, 0.15) is 11.6 Å². The van der Waals surface area contributed by atoms with Crippen LogP contribution in [-0.4, -0.2) is 43.4 Å². The van der Waals surface area contributed by atoms with Crippen LogP contribution in [0.2, 0.25) is 0 Å². The zero-order chi connectivity index (χ0) is 27.7. The third-order valence-corrected chi connectivity index (χ3v) is 4.53. The Bertz CT molecular complexity index is 1550. The van der Waals surface area contributed by atoms with Crippen LogP contribution in [0.1, 0.15) is 34.1 Å². The molecule has 1 fully saturated rings. The van der Waals surface area contributed by atoms with Crippen LogP contribution in [0.3, 0.4) is 0 Å². The number of hydrogen-bond donors (Lipinski definition) is 1. The molecule has 8 nitrogen and oxygen atoms in total. The molecule has 1 aliphatic heterocycles. The highest BCUT2D eigenvalue weighted by Gasteiger charge is 2.16. The first-order chi connectivity index (χ1) is 17.7. The molecular formula is C22H21N7O. The lowest BCUT2D eigenvalue weighted by Crippen LogP contribution is -2.20. The Morgan fingerprint density at radius 2 is 2.00 bits per heavy atom. The summed E-state index contributed by atoms with van der Waals surface area (Å²) >= 11 is 0. The number of carbonyl (C=O) groups is 1. The summed E-state index contributed by atoms with van der Waals surface area (Å²) in [5, 5.41) is 3.36. The minimum absolute atomic E-state index is 0.0480. The maximum atomic E-state index is 13.0. The molecule has 0 aliphatic carbocycles. The van der Waals surface area contributed by atoms with Crippen LogP contribution in [0.25, 0.3) is 22.3 Å². The van der Waals surface area contributed by atoms with Crippen molar-refractivity contribution in [3.63, 3.8) is 0 Å². The van der Waals surface area contributed by atoms with Gasteiger partial charge >= 0.3 is 0 Å². The highest BCUT2D eigenvalue weighted by Crippen LogP contribution is 2.22. The molecule has 0 saturated carbocycles. The highest BCUT2D eigenvalue weighted by atomic mass is 16.1. The van der Waals surface area contributed by atoms with Gasteiger partial charge in [-0.2, -0.15) is 0 Å². The first kappa shape index (κ1) is 11.4. The fourth-order valence-corrected chi connectivity index (χ4v) is 3.01. The molecule has 1 aliphatic rings. The summed E-state index contributed by atoms with van der Waals surface area (Å²) < 4.78 is 66.4. The fourth-order valence-electron chi connectivity index (χ4n) is 3.01. The maximum absolute atomic E-state index is 13.0. The molecule has 0 unspecified atom stereocenters. The number of hydrogen-bond acceptors (Lipinski definition) is 6. The predicted molar refractivity (Wildman–Crippen MR) is 115 cm³/mol. The lowest BCUT2D eigenvalue weighted by Gasteiger charge is -2.16. The average molecular weight is 408 g/mol. The topological polar surface area (TPSA) is 88.8 Å². The van der Waals surface area contributed by atoms with E-state index in [-0.39, 0.29) is 11.4 Å². The molecule has 30 heavy (non-hydrogen) atoms. The Kier molecular flexibility index (Phi) is 2.87. The minimum atomic E-state index is -3.22. The van der Waals surface area contributed by atoms with Gasteiger partial charge in [-0.05, 0) is 37.0 Å². The summed E-state index contributed by atoms with van der Waals surface area (Å²) in [6, 6.07) is 7.63. The molecule has 0 aromatic carbocycles. The van der Waals surface area contributed by atoms with Crippen LogP contribution < -0.4 is 10.2 Å². The van der Waals surface area contributed by atoms with Crippen LogP contribution in [-0.2, 0) is 7.05 Å². The van der Waals surface area contributed by atoms with Gasteiger partial charge < -0.3 is 14.8 Å². The molecule has 5 rings (SSSR count). The van der Waals surface area contributed by atoms with Crippen molar-refractivity contribution in [3.05, 3.63) is 60.8 Å². The van der Waals surface area contributed by atoms with Crippen molar-refractivity contribution in [3.8, 4) is 11.4 Å². The van der Waals surface area contributed by atoms with E-state index < -0.39 is 37.5 Å². The van der Waals surface area contributed by atoms with Gasteiger partial charge in [-0.25, -0.2) is 19.9 Å². The molecule has 0 bridgehead atoms. The van der Waals surface area contributed by atoms with Gasteiger partial charge in [0, 0.05) is 60.4 Å². The summed E-state index contributed by atoms with van der Waals surface area (Å²) in [5.41, 5.74) is 1.99. The summed E-state index contributed by atoms with van der Waals surface area (Å²) in [6.07, 6.45) is -0.430. The number of aromatic nitrogens is 5. The maximum Gasteiger partial charge on any atom is 0.257 e. The van der Waals surface area contributed by atoms with Crippen LogP contribution >= 0.6 is 0 Å². The lowest BCUT2D eigenvalue weighted by molar-refractivity contribution is 0.102. The standard InChI is InChI=1S/C22H21N7O/c1-28-14-23-13-19(28)17-5-4-16-12-25-20(11-18(16)26-17)27-22(30)15-6-7-24-21(10-15)29-8-2-3-9-29/h4-7,10-14H,2-3,8-9H2,1H3,(H,25,27,30)/i2D2,3D2,8D2,9D2. The van der Waals surface area contributed by atoms with E-state index in [1.165, 1.54) is 6.07 Å². The van der Waals surface area contributed by atoms with Crippen LogP contribution in [0.4, 0.5) is 11.6 Å². The molecule has 5 heterocycles. The van der Waals surface area contributed by atoms with Crippen molar-refractivity contribution in [2.24, 2.45) is 7.05 Å². The summed E-state index contributed by atoms with van der Waals surface area (Å²) in [6.45, 7) is -6.22. The monoisotopic (exact) mass is 407 g/mol. The molecule has 150 valence electrons. The van der Waals surface area contributed by atoms with Gasteiger partial charge in [-0.15, -0.1) is 0 Å². The molecule has 0 radical (unpaired) electrons. The Labute approximate surface area is 184 Å². The number of anilines is 2. The second-order valence-electron chi connectivity index (χ2n) is 6.51. The van der Waals surface area contributed by atoms with Crippen LogP contribution in [0.15, 0.2) is 55.2 Å². The zero-order valence-corrected chi connectivity index (χ0v) is 15.8. The summed E-state index contributed by atoms with van der Waals surface area (Å²) in [5.74, 6) is -0.934. The van der Waals surface area contributed by atoms with Gasteiger partial charge in [-0.3, -0.25) is 4.79 Å². The molecule has 4 aromatic rings. The van der Waals surface area contributed by atoms with Gasteiger partial charge in [0.15, 0.2) is 0 Å². The van der Waals surface area contributed by atoms with Gasteiger partial charge in [0.25, 0.3) is 5.91 Å². The molecule has 0 spiro atoms. The smallest absolute Gasteiger partial charge is 0.257 e. The third kappa shape index (κ3) is 3.47. The van der Waals surface area contributed by atoms with Crippen LogP contribution in [0, 0.1) is 0 Å². The fraction of sp³-hybridized carbons (Fsp3) is 0.227. The Morgan fingerprint density at radius 3 is 2.80 bits per heavy atom. The molecule has 8 heteroatoms. The molecule has 4 aromatic heterocycles. The third-order valence-electron chi connectivity index (χ3n) is 4.53. The zero-order valence-electron chi connectivity index (χ0n) is 23.8. The predicted octanol–water partition coefficient (Wildman–Crippen LogP) is 3.28. The van der Waals surface area contributed by atoms with Crippen molar-refractivity contribution in [2.75, 3.05) is 23.2 Å². The van der Waals surface area contributed by atoms with Crippen molar-refractivity contribution < 1.29 is 15.8 Å². The molecule has 1 saturated heterocycles. The van der Waals surface area contributed by atoms with E-state index in [9.17, 15) is 4.79 Å². The number of pyridine rings is 3. The first-order valence-electron chi connectivity index (χ1n) is 13.0. The minimum Gasteiger partial charge on any atom is -0.357 e. The SMILES string of the molecule is [2H]C1([2H])N(c2cc(C(=O)Nc3cc4nc(-c5cncn5C)ccc4cn3)ccn2)C([2H])([2H])C([2H])([2H])C1([2H])[2H]. The second-order valence-corrected chi connectivity index (χ2v) is 6.51. The molecule has 0 atom stereocenters. The first-order valence-corrected chi connectivity index (χ1v) is 9.00. The second kappa shape index (κ2) is 7.55. The number of rotatable bonds is 4. The number of aryl methyl sites for hydroxylation is 1. The van der Waals surface area contributed by atoms with Gasteiger partial charge in [0.05, 0.1) is 29.4 Å². The van der Waals surface area contributed by atoms with Crippen molar-refractivity contribution >= 4 is 28.4 Å². The lowest BCUT2D eigenvalue weighted by atomic mass is 10.2. The van der Waals surface area contributed by atoms with Gasteiger partial charge in [0.2, 0.25) is 0 Å². The summed E-state index contributed by atoms with van der Waals surface area (Å²) in [7, 11) is 1.84. The molecular weight excluding hydrogens is 378 g/mol. The molecule has 1 amide bonds. The number of nitrogens with zero attached hydrogens (tertiary/aromatic N) is 6. The van der Waals surface area contributed by atoms with E-state index in [0.29, 0.717) is 16.1 Å².